The monoisotopic (exact) mass is 311 g/mol. The average molecular weight is 311 g/mol. The lowest BCUT2D eigenvalue weighted by molar-refractivity contribution is -0.139. The molecule has 0 aromatic heterocycles. The molecule has 1 amide bonds. The summed E-state index contributed by atoms with van der Waals surface area (Å²) in [7, 11) is 0. The summed E-state index contributed by atoms with van der Waals surface area (Å²) in [6, 6.07) is -0.157. The number of amides is 1. The number of esters is 1. The van der Waals surface area contributed by atoms with E-state index in [9.17, 15) is 9.59 Å². The molecule has 0 aromatic carbocycles. The van der Waals surface area contributed by atoms with Crippen molar-refractivity contribution < 1.29 is 14.3 Å². The molecule has 0 heterocycles. The van der Waals surface area contributed by atoms with Crippen molar-refractivity contribution in [3.63, 3.8) is 0 Å². The largest absolute Gasteiger partial charge is 0.460 e. The van der Waals surface area contributed by atoms with Gasteiger partial charge in [0.25, 0.3) is 0 Å². The van der Waals surface area contributed by atoms with E-state index in [-0.39, 0.29) is 18.6 Å². The van der Waals surface area contributed by atoms with Gasteiger partial charge in [0, 0.05) is 12.5 Å². The lowest BCUT2D eigenvalue weighted by Crippen LogP contribution is -2.36. The second kappa shape index (κ2) is 14.6. The van der Waals surface area contributed by atoms with Crippen molar-refractivity contribution in [3.05, 3.63) is 12.7 Å². The first-order valence-electron chi connectivity index (χ1n) is 8.68. The standard InChI is InChI=1S/C18H33NO3/c1-4-6-7-8-9-10-11-12-13-14-17(20)19-16(3)15-22-18(21)5-2/h5,16H,2,4,6-15H2,1,3H3,(H,19,20). The molecule has 0 bridgehead atoms. The summed E-state index contributed by atoms with van der Waals surface area (Å²) in [6.45, 7) is 7.57. The number of rotatable bonds is 14. The Morgan fingerprint density at radius 2 is 1.59 bits per heavy atom. The lowest BCUT2D eigenvalue weighted by Gasteiger charge is -2.13. The SMILES string of the molecule is C=CC(=O)OCC(C)NC(=O)CCCCCCCCCCC. The molecule has 0 aliphatic carbocycles. The Kier molecular flexibility index (Phi) is 13.7. The number of hydrogen-bond acceptors (Lipinski definition) is 3. The molecule has 0 spiro atoms. The van der Waals surface area contributed by atoms with Crippen LogP contribution >= 0.6 is 0 Å². The van der Waals surface area contributed by atoms with Crippen molar-refractivity contribution in [3.8, 4) is 0 Å². The minimum atomic E-state index is -0.458. The van der Waals surface area contributed by atoms with Crippen LogP contribution in [0.25, 0.3) is 0 Å². The van der Waals surface area contributed by atoms with Crippen molar-refractivity contribution in [2.75, 3.05) is 6.61 Å². The van der Waals surface area contributed by atoms with Crippen LogP contribution in [0.15, 0.2) is 12.7 Å². The van der Waals surface area contributed by atoms with Crippen LogP contribution < -0.4 is 5.32 Å². The smallest absolute Gasteiger partial charge is 0.330 e. The number of unbranched alkanes of at least 4 members (excludes halogenated alkanes) is 8. The maximum atomic E-state index is 11.7. The van der Waals surface area contributed by atoms with E-state index in [0.29, 0.717) is 6.42 Å². The van der Waals surface area contributed by atoms with Gasteiger partial charge >= 0.3 is 5.97 Å². The number of ether oxygens (including phenoxy) is 1. The second-order valence-corrected chi connectivity index (χ2v) is 5.88. The van der Waals surface area contributed by atoms with E-state index in [0.717, 1.165) is 18.9 Å². The molecule has 4 nitrogen and oxygen atoms in total. The van der Waals surface area contributed by atoms with Crippen molar-refractivity contribution >= 4 is 11.9 Å². The molecule has 1 atom stereocenters. The van der Waals surface area contributed by atoms with Crippen LogP contribution in [0, 0.1) is 0 Å². The molecule has 22 heavy (non-hydrogen) atoms. The van der Waals surface area contributed by atoms with Gasteiger partial charge in [0.05, 0.1) is 6.04 Å². The predicted octanol–water partition coefficient (Wildman–Crippen LogP) is 4.14. The molecule has 1 unspecified atom stereocenters. The Labute approximate surface area is 135 Å². The van der Waals surface area contributed by atoms with Crippen LogP contribution in [-0.4, -0.2) is 24.5 Å². The van der Waals surface area contributed by atoms with E-state index < -0.39 is 5.97 Å². The van der Waals surface area contributed by atoms with E-state index in [1.165, 1.54) is 44.9 Å². The molecule has 128 valence electrons. The van der Waals surface area contributed by atoms with Gasteiger partial charge in [0.2, 0.25) is 5.91 Å². The fourth-order valence-electron chi connectivity index (χ4n) is 2.25. The number of carbonyl (C=O) groups excluding carboxylic acids is 2. The van der Waals surface area contributed by atoms with Gasteiger partial charge in [-0.1, -0.05) is 64.9 Å². The van der Waals surface area contributed by atoms with E-state index in [4.69, 9.17) is 4.74 Å². The molecule has 0 saturated carbocycles. The lowest BCUT2D eigenvalue weighted by atomic mass is 10.1. The summed E-state index contributed by atoms with van der Waals surface area (Å²) in [6.07, 6.45) is 12.9. The summed E-state index contributed by atoms with van der Waals surface area (Å²) >= 11 is 0. The van der Waals surface area contributed by atoms with E-state index in [1.807, 2.05) is 6.92 Å². The number of nitrogens with one attached hydrogen (secondary N) is 1. The fourth-order valence-corrected chi connectivity index (χ4v) is 2.25. The molecule has 0 aromatic rings. The van der Waals surface area contributed by atoms with Gasteiger partial charge in [-0.2, -0.15) is 0 Å². The van der Waals surface area contributed by atoms with Crippen LogP contribution in [0.4, 0.5) is 0 Å². The van der Waals surface area contributed by atoms with Crippen LogP contribution in [0.5, 0.6) is 0 Å². The topological polar surface area (TPSA) is 55.4 Å². The Balaban J connectivity index is 3.42. The fraction of sp³-hybridized carbons (Fsp3) is 0.778. The van der Waals surface area contributed by atoms with Gasteiger partial charge in [-0.15, -0.1) is 0 Å². The van der Waals surface area contributed by atoms with E-state index >= 15 is 0 Å². The Hall–Kier alpha value is -1.32. The number of carbonyl (C=O) groups is 2. The van der Waals surface area contributed by atoms with Crippen molar-refractivity contribution in [1.82, 2.24) is 5.32 Å². The summed E-state index contributed by atoms with van der Waals surface area (Å²) in [5.74, 6) is -0.426. The normalized spacial score (nSPS) is 11.7. The first-order chi connectivity index (χ1) is 10.6. The highest BCUT2D eigenvalue weighted by Gasteiger charge is 2.08. The van der Waals surface area contributed by atoms with Crippen LogP contribution in [-0.2, 0) is 14.3 Å². The van der Waals surface area contributed by atoms with Crippen molar-refractivity contribution in [2.45, 2.75) is 84.1 Å². The van der Waals surface area contributed by atoms with Crippen molar-refractivity contribution in [1.29, 1.82) is 0 Å². The molecule has 0 radical (unpaired) electrons. The highest BCUT2D eigenvalue weighted by molar-refractivity contribution is 5.81. The minimum absolute atomic E-state index is 0.0325. The first-order valence-corrected chi connectivity index (χ1v) is 8.68. The minimum Gasteiger partial charge on any atom is -0.460 e. The summed E-state index contributed by atoms with van der Waals surface area (Å²) in [5.41, 5.74) is 0. The van der Waals surface area contributed by atoms with Gasteiger partial charge in [-0.3, -0.25) is 4.79 Å². The zero-order chi connectivity index (χ0) is 16.6. The maximum Gasteiger partial charge on any atom is 0.330 e. The molecule has 0 saturated heterocycles. The van der Waals surface area contributed by atoms with Crippen molar-refractivity contribution in [2.24, 2.45) is 0 Å². The highest BCUT2D eigenvalue weighted by Crippen LogP contribution is 2.10. The molecular weight excluding hydrogens is 278 g/mol. The van der Waals surface area contributed by atoms with E-state index in [2.05, 4.69) is 18.8 Å². The third-order valence-corrected chi connectivity index (χ3v) is 3.56. The zero-order valence-electron chi connectivity index (χ0n) is 14.4. The summed E-state index contributed by atoms with van der Waals surface area (Å²) < 4.78 is 4.88. The molecule has 1 N–H and O–H groups in total. The van der Waals surface area contributed by atoms with Gasteiger partial charge in [0.1, 0.15) is 6.61 Å². The van der Waals surface area contributed by atoms with E-state index in [1.54, 1.807) is 0 Å². The molecule has 0 rings (SSSR count). The Morgan fingerprint density at radius 3 is 2.14 bits per heavy atom. The van der Waals surface area contributed by atoms with Gasteiger partial charge in [-0.25, -0.2) is 4.79 Å². The third kappa shape index (κ3) is 13.7. The third-order valence-electron chi connectivity index (χ3n) is 3.56. The first kappa shape index (κ1) is 20.7. The predicted molar refractivity (Wildman–Crippen MR) is 90.6 cm³/mol. The average Bonchev–Trinajstić information content (AvgIpc) is 2.50. The quantitative estimate of drug-likeness (QED) is 0.298. The molecular formula is C18H33NO3. The highest BCUT2D eigenvalue weighted by atomic mass is 16.5. The summed E-state index contributed by atoms with van der Waals surface area (Å²) in [5, 5.41) is 2.83. The zero-order valence-corrected chi connectivity index (χ0v) is 14.4. The Bertz CT molecular complexity index is 315. The van der Waals surface area contributed by atoms with Crippen LogP contribution in [0.2, 0.25) is 0 Å². The number of hydrogen-bond donors (Lipinski definition) is 1. The molecule has 0 aliphatic heterocycles. The maximum absolute atomic E-state index is 11.7. The Morgan fingerprint density at radius 1 is 1.05 bits per heavy atom. The van der Waals surface area contributed by atoms with Gasteiger partial charge in [0.15, 0.2) is 0 Å². The van der Waals surface area contributed by atoms with Crippen LogP contribution in [0.1, 0.15) is 78.1 Å². The van der Waals surface area contributed by atoms with Crippen LogP contribution in [0.3, 0.4) is 0 Å². The summed E-state index contributed by atoms with van der Waals surface area (Å²) in [4.78, 5) is 22.6. The molecule has 4 heteroatoms. The van der Waals surface area contributed by atoms with Gasteiger partial charge < -0.3 is 10.1 Å². The molecule has 0 fully saturated rings. The second-order valence-electron chi connectivity index (χ2n) is 5.88. The van der Waals surface area contributed by atoms with Gasteiger partial charge in [-0.05, 0) is 13.3 Å². The molecule has 0 aliphatic rings.